The standard InChI is InChI=1S/C18H28N6O7S2/c1-33-3-2-10(19)15(27)22-11(5-14(25)26)16(28)24-13(7-32)17(29)23-12(18(30)31)4-9-6-20-8-21-9/h6,8,10-13,32H,2-5,7,19H2,1H3,(H,20,21)(H,22,27)(H,23,29)(H,24,28)(H,25,26)(H,30,31). The van der Waals surface area contributed by atoms with E-state index in [0.29, 0.717) is 17.9 Å². The van der Waals surface area contributed by atoms with Gasteiger partial charge in [-0.1, -0.05) is 0 Å². The van der Waals surface area contributed by atoms with Gasteiger partial charge < -0.3 is 36.9 Å². The van der Waals surface area contributed by atoms with E-state index < -0.39 is 60.2 Å². The van der Waals surface area contributed by atoms with E-state index in [1.54, 1.807) is 0 Å². The third-order valence-electron chi connectivity index (χ3n) is 4.39. The van der Waals surface area contributed by atoms with Crippen molar-refractivity contribution < 1.29 is 34.2 Å². The Morgan fingerprint density at radius 1 is 1.09 bits per heavy atom. The lowest BCUT2D eigenvalue weighted by molar-refractivity contribution is -0.143. The van der Waals surface area contributed by atoms with Gasteiger partial charge in [0.05, 0.1) is 18.8 Å². The molecule has 0 aliphatic rings. The number of imidazole rings is 1. The summed E-state index contributed by atoms with van der Waals surface area (Å²) in [5.74, 6) is -4.78. The maximum atomic E-state index is 12.6. The molecule has 33 heavy (non-hydrogen) atoms. The summed E-state index contributed by atoms with van der Waals surface area (Å²) in [5, 5.41) is 25.4. The molecule has 3 amide bonds. The van der Waals surface area contributed by atoms with Crippen LogP contribution in [0.15, 0.2) is 12.5 Å². The summed E-state index contributed by atoms with van der Waals surface area (Å²) >= 11 is 5.48. The molecule has 0 bridgehead atoms. The first-order chi connectivity index (χ1) is 15.6. The van der Waals surface area contributed by atoms with Crippen LogP contribution in [0.2, 0.25) is 0 Å². The quantitative estimate of drug-likeness (QED) is 0.123. The van der Waals surface area contributed by atoms with Gasteiger partial charge in [-0.2, -0.15) is 24.4 Å². The van der Waals surface area contributed by atoms with Crippen LogP contribution in [0.25, 0.3) is 0 Å². The number of nitrogens with zero attached hydrogens (tertiary/aromatic N) is 1. The molecule has 0 aromatic carbocycles. The number of carboxylic acid groups (broad SMARTS) is 2. The summed E-state index contributed by atoms with van der Waals surface area (Å²) in [6, 6.07) is -5.04. The SMILES string of the molecule is CSCCC(N)C(=O)NC(CC(=O)O)C(=O)NC(CS)C(=O)NC(Cc1cnc[nH]1)C(=O)O. The number of nitrogens with one attached hydrogen (secondary N) is 4. The number of carboxylic acids is 2. The zero-order valence-electron chi connectivity index (χ0n) is 17.8. The van der Waals surface area contributed by atoms with Gasteiger partial charge >= 0.3 is 11.9 Å². The van der Waals surface area contributed by atoms with Gasteiger partial charge in [-0.3, -0.25) is 19.2 Å². The van der Waals surface area contributed by atoms with Crippen LogP contribution in [-0.2, 0) is 30.4 Å². The molecule has 15 heteroatoms. The molecular formula is C18H28N6O7S2. The van der Waals surface area contributed by atoms with Crippen LogP contribution in [-0.4, -0.2) is 91.8 Å². The zero-order valence-corrected chi connectivity index (χ0v) is 19.5. The highest BCUT2D eigenvalue weighted by atomic mass is 32.2. The second kappa shape index (κ2) is 14.4. The maximum Gasteiger partial charge on any atom is 0.326 e. The molecule has 8 N–H and O–H groups in total. The van der Waals surface area contributed by atoms with Crippen molar-refractivity contribution in [3.8, 4) is 0 Å². The second-order valence-corrected chi connectivity index (χ2v) is 8.32. The van der Waals surface area contributed by atoms with Crippen molar-refractivity contribution in [1.29, 1.82) is 0 Å². The summed E-state index contributed by atoms with van der Waals surface area (Å²) in [5.41, 5.74) is 6.22. The summed E-state index contributed by atoms with van der Waals surface area (Å²) in [6.07, 6.45) is 4.09. The largest absolute Gasteiger partial charge is 0.481 e. The predicted octanol–water partition coefficient (Wildman–Crippen LogP) is -2.02. The van der Waals surface area contributed by atoms with E-state index in [2.05, 4.69) is 38.5 Å². The number of aromatic amines is 1. The highest BCUT2D eigenvalue weighted by Gasteiger charge is 2.31. The number of hydrogen-bond acceptors (Lipinski definition) is 9. The molecule has 13 nitrogen and oxygen atoms in total. The summed E-state index contributed by atoms with van der Waals surface area (Å²) < 4.78 is 0. The minimum absolute atomic E-state index is 0.0834. The topological polar surface area (TPSA) is 217 Å². The number of carbonyl (C=O) groups excluding carboxylic acids is 3. The third kappa shape index (κ3) is 10.1. The number of aromatic nitrogens is 2. The molecular weight excluding hydrogens is 476 g/mol. The number of nitrogens with two attached hydrogens (primary N) is 1. The third-order valence-corrected chi connectivity index (χ3v) is 5.40. The number of hydrogen-bond donors (Lipinski definition) is 8. The number of H-pyrrole nitrogens is 1. The molecule has 1 aromatic rings. The van der Waals surface area contributed by atoms with E-state index >= 15 is 0 Å². The van der Waals surface area contributed by atoms with Gasteiger partial charge in [-0.15, -0.1) is 0 Å². The Morgan fingerprint density at radius 2 is 1.70 bits per heavy atom. The molecule has 4 unspecified atom stereocenters. The van der Waals surface area contributed by atoms with Crippen LogP contribution >= 0.6 is 24.4 Å². The summed E-state index contributed by atoms with van der Waals surface area (Å²) in [7, 11) is 0. The average molecular weight is 505 g/mol. The van der Waals surface area contributed by atoms with E-state index in [-0.39, 0.29) is 12.2 Å². The average Bonchev–Trinajstić information content (AvgIpc) is 3.27. The van der Waals surface area contributed by atoms with Crippen molar-refractivity contribution in [2.24, 2.45) is 5.73 Å². The summed E-state index contributed by atoms with van der Waals surface area (Å²) in [4.78, 5) is 66.6. The molecule has 1 aromatic heterocycles. The second-order valence-electron chi connectivity index (χ2n) is 6.97. The Morgan fingerprint density at radius 3 is 2.21 bits per heavy atom. The van der Waals surface area contributed by atoms with Crippen LogP contribution in [0, 0.1) is 0 Å². The molecule has 0 aliphatic heterocycles. The lowest BCUT2D eigenvalue weighted by atomic mass is 10.1. The first kappa shape index (κ1) is 28.3. The number of thioether (sulfide) groups is 1. The van der Waals surface area contributed by atoms with Gasteiger partial charge in [-0.05, 0) is 18.4 Å². The van der Waals surface area contributed by atoms with Crippen molar-refractivity contribution in [2.75, 3.05) is 17.8 Å². The number of aliphatic carboxylic acids is 2. The summed E-state index contributed by atoms with van der Waals surface area (Å²) in [6.45, 7) is 0. The molecule has 0 saturated carbocycles. The van der Waals surface area contributed by atoms with Gasteiger partial charge in [0.1, 0.15) is 18.1 Å². The highest BCUT2D eigenvalue weighted by Crippen LogP contribution is 2.03. The van der Waals surface area contributed by atoms with Crippen LogP contribution in [0.1, 0.15) is 18.5 Å². The van der Waals surface area contributed by atoms with Gasteiger partial charge in [0, 0.05) is 24.1 Å². The predicted molar refractivity (Wildman–Crippen MR) is 123 cm³/mol. The minimum atomic E-state index is -1.49. The van der Waals surface area contributed by atoms with E-state index in [0.717, 1.165) is 0 Å². The Balaban J connectivity index is 2.82. The molecule has 0 spiro atoms. The van der Waals surface area contributed by atoms with Crippen molar-refractivity contribution in [1.82, 2.24) is 25.9 Å². The molecule has 0 radical (unpaired) electrons. The maximum absolute atomic E-state index is 12.6. The Kier molecular flexibility index (Phi) is 12.3. The Hall–Kier alpha value is -2.78. The number of thiol groups is 1. The highest BCUT2D eigenvalue weighted by molar-refractivity contribution is 7.98. The van der Waals surface area contributed by atoms with Gasteiger partial charge in [0.25, 0.3) is 0 Å². The van der Waals surface area contributed by atoms with Crippen molar-refractivity contribution in [3.05, 3.63) is 18.2 Å². The van der Waals surface area contributed by atoms with Crippen molar-refractivity contribution in [2.45, 2.75) is 43.4 Å². The molecule has 0 aliphatic carbocycles. The first-order valence-electron chi connectivity index (χ1n) is 9.77. The first-order valence-corrected chi connectivity index (χ1v) is 11.8. The van der Waals surface area contributed by atoms with Crippen LogP contribution < -0.4 is 21.7 Å². The van der Waals surface area contributed by atoms with E-state index in [1.165, 1.54) is 24.3 Å². The Labute approximate surface area is 199 Å². The van der Waals surface area contributed by atoms with Crippen molar-refractivity contribution >= 4 is 54.1 Å². The molecule has 1 heterocycles. The lowest BCUT2D eigenvalue weighted by Gasteiger charge is -2.23. The zero-order chi connectivity index (χ0) is 25.0. The molecule has 184 valence electrons. The smallest absolute Gasteiger partial charge is 0.326 e. The van der Waals surface area contributed by atoms with Crippen LogP contribution in [0.3, 0.4) is 0 Å². The fraction of sp³-hybridized carbons (Fsp3) is 0.556. The van der Waals surface area contributed by atoms with Gasteiger partial charge in [0.15, 0.2) is 0 Å². The number of carbonyl (C=O) groups is 5. The van der Waals surface area contributed by atoms with Gasteiger partial charge in [0.2, 0.25) is 17.7 Å². The fourth-order valence-corrected chi connectivity index (χ4v) is 3.34. The normalized spacial score (nSPS) is 14.4. The number of amides is 3. The van der Waals surface area contributed by atoms with Crippen LogP contribution in [0.5, 0.6) is 0 Å². The molecule has 0 fully saturated rings. The number of rotatable bonds is 15. The molecule has 1 rings (SSSR count). The van der Waals surface area contributed by atoms with Crippen molar-refractivity contribution in [3.63, 3.8) is 0 Å². The minimum Gasteiger partial charge on any atom is -0.481 e. The fourth-order valence-electron chi connectivity index (χ4n) is 2.59. The molecule has 4 atom stereocenters. The monoisotopic (exact) mass is 504 g/mol. The Bertz CT molecular complexity index is 823. The lowest BCUT2D eigenvalue weighted by Crippen LogP contribution is -2.58. The van der Waals surface area contributed by atoms with E-state index in [9.17, 15) is 29.1 Å². The van der Waals surface area contributed by atoms with Gasteiger partial charge in [-0.25, -0.2) is 9.78 Å². The van der Waals surface area contributed by atoms with E-state index in [4.69, 9.17) is 10.8 Å². The van der Waals surface area contributed by atoms with Crippen LogP contribution in [0.4, 0.5) is 0 Å². The molecule has 0 saturated heterocycles. The van der Waals surface area contributed by atoms with E-state index in [1.807, 2.05) is 6.26 Å².